The highest BCUT2D eigenvalue weighted by molar-refractivity contribution is 5.89. The molecule has 0 aliphatic carbocycles. The van der Waals surface area contributed by atoms with E-state index in [9.17, 15) is 14.4 Å². The lowest BCUT2D eigenvalue weighted by atomic mass is 10.0. The van der Waals surface area contributed by atoms with Crippen molar-refractivity contribution in [2.75, 3.05) is 33.7 Å². The summed E-state index contributed by atoms with van der Waals surface area (Å²) in [5.41, 5.74) is -0.241. The Bertz CT molecular complexity index is 504. The van der Waals surface area contributed by atoms with E-state index >= 15 is 0 Å². The average Bonchev–Trinajstić information content (AvgIpc) is 2.89. The molecule has 7 nitrogen and oxygen atoms in total. The van der Waals surface area contributed by atoms with Crippen LogP contribution in [0.1, 0.15) is 40.0 Å². The third kappa shape index (κ3) is 4.19. The van der Waals surface area contributed by atoms with Gasteiger partial charge in [0.25, 0.3) is 0 Å². The molecule has 0 saturated carbocycles. The second-order valence-electron chi connectivity index (χ2n) is 8.02. The van der Waals surface area contributed by atoms with Crippen molar-refractivity contribution in [3.8, 4) is 0 Å². The van der Waals surface area contributed by atoms with E-state index in [1.807, 2.05) is 25.7 Å². The highest BCUT2D eigenvalue weighted by Gasteiger charge is 2.41. The molecule has 1 atom stereocenters. The number of likely N-dealkylation sites (tertiary alicyclic amines) is 2. The number of nitrogens with one attached hydrogen (secondary N) is 1. The lowest BCUT2D eigenvalue weighted by molar-refractivity contribution is -0.136. The first-order chi connectivity index (χ1) is 11.1. The number of nitrogens with zero attached hydrogens (tertiary/aromatic N) is 3. The highest BCUT2D eigenvalue weighted by Crippen LogP contribution is 2.27. The summed E-state index contributed by atoms with van der Waals surface area (Å²) in [6.45, 7) is 7.78. The van der Waals surface area contributed by atoms with Gasteiger partial charge < -0.3 is 20.0 Å². The van der Waals surface area contributed by atoms with Crippen LogP contribution in [0.25, 0.3) is 0 Å². The molecule has 1 N–H and O–H groups in total. The fraction of sp³-hybridized carbons (Fsp3) is 0.824. The molecule has 0 spiro atoms. The molecule has 0 aromatic carbocycles. The number of hydrogen-bond donors (Lipinski definition) is 1. The topological polar surface area (TPSA) is 73.0 Å². The first-order valence-electron chi connectivity index (χ1n) is 8.66. The summed E-state index contributed by atoms with van der Waals surface area (Å²) in [5.74, 6) is -0.0916. The fourth-order valence-corrected chi connectivity index (χ4v) is 3.33. The van der Waals surface area contributed by atoms with Gasteiger partial charge in [0.05, 0.1) is 5.92 Å². The van der Waals surface area contributed by atoms with E-state index < -0.39 is 0 Å². The first kappa shape index (κ1) is 18.5. The number of carbonyl (C=O) groups is 3. The Hall–Kier alpha value is -1.79. The van der Waals surface area contributed by atoms with Gasteiger partial charge in [0.15, 0.2) is 0 Å². The van der Waals surface area contributed by atoms with Gasteiger partial charge in [-0.05, 0) is 33.6 Å². The molecule has 7 heteroatoms. The number of carbonyl (C=O) groups excluding carboxylic acids is 3. The minimum Gasteiger partial charge on any atom is -0.342 e. The molecule has 2 rings (SSSR count). The van der Waals surface area contributed by atoms with E-state index in [4.69, 9.17) is 0 Å². The van der Waals surface area contributed by atoms with E-state index in [0.29, 0.717) is 26.1 Å². The molecule has 136 valence electrons. The number of piperidine rings is 1. The van der Waals surface area contributed by atoms with E-state index in [1.165, 1.54) is 4.90 Å². The number of amides is 4. The van der Waals surface area contributed by atoms with Crippen molar-refractivity contribution < 1.29 is 14.4 Å². The Morgan fingerprint density at radius 3 is 2.21 bits per heavy atom. The van der Waals surface area contributed by atoms with E-state index in [-0.39, 0.29) is 35.3 Å². The van der Waals surface area contributed by atoms with Crippen molar-refractivity contribution in [2.24, 2.45) is 5.92 Å². The normalized spacial score (nSPS) is 22.7. The fourth-order valence-electron chi connectivity index (χ4n) is 3.33. The zero-order valence-electron chi connectivity index (χ0n) is 15.5. The van der Waals surface area contributed by atoms with Crippen LogP contribution < -0.4 is 5.32 Å². The Balaban J connectivity index is 1.85. The quantitative estimate of drug-likeness (QED) is 0.813. The van der Waals surface area contributed by atoms with Crippen molar-refractivity contribution in [3.05, 3.63) is 0 Å². The van der Waals surface area contributed by atoms with Crippen LogP contribution in [0.3, 0.4) is 0 Å². The predicted octanol–water partition coefficient (Wildman–Crippen LogP) is 0.896. The van der Waals surface area contributed by atoms with Crippen molar-refractivity contribution >= 4 is 17.8 Å². The molecular weight excluding hydrogens is 308 g/mol. The Kier molecular flexibility index (Phi) is 5.40. The maximum Gasteiger partial charge on any atom is 0.317 e. The van der Waals surface area contributed by atoms with Gasteiger partial charge in [-0.1, -0.05) is 0 Å². The van der Waals surface area contributed by atoms with Gasteiger partial charge >= 0.3 is 6.03 Å². The molecule has 24 heavy (non-hydrogen) atoms. The largest absolute Gasteiger partial charge is 0.342 e. The third-order valence-electron chi connectivity index (χ3n) is 4.82. The maximum atomic E-state index is 12.7. The van der Waals surface area contributed by atoms with Crippen molar-refractivity contribution in [1.82, 2.24) is 20.0 Å². The van der Waals surface area contributed by atoms with Crippen LogP contribution in [0.5, 0.6) is 0 Å². The summed E-state index contributed by atoms with van der Waals surface area (Å²) < 4.78 is 0. The predicted molar refractivity (Wildman–Crippen MR) is 91.4 cm³/mol. The van der Waals surface area contributed by atoms with Gasteiger partial charge in [0.2, 0.25) is 11.8 Å². The Morgan fingerprint density at radius 2 is 1.75 bits per heavy atom. The molecule has 4 amide bonds. The van der Waals surface area contributed by atoms with Crippen LogP contribution in [0, 0.1) is 5.92 Å². The van der Waals surface area contributed by atoms with Crippen LogP contribution in [0.4, 0.5) is 4.79 Å². The first-order valence-corrected chi connectivity index (χ1v) is 8.66. The van der Waals surface area contributed by atoms with Gasteiger partial charge in [0, 0.05) is 51.7 Å². The lowest BCUT2D eigenvalue weighted by Crippen LogP contribution is -2.50. The summed E-state index contributed by atoms with van der Waals surface area (Å²) in [4.78, 5) is 41.7. The second-order valence-corrected chi connectivity index (χ2v) is 8.02. The average molecular weight is 338 g/mol. The smallest absolute Gasteiger partial charge is 0.317 e. The standard InChI is InChI=1S/C17H30N4O3/c1-17(2,3)21-11-12(10-14(21)22)15(23)20-8-6-13(7-9-20)18-16(24)19(4)5/h12-13H,6-11H2,1-5H3,(H,18,24). The number of hydrogen-bond acceptors (Lipinski definition) is 3. The summed E-state index contributed by atoms with van der Waals surface area (Å²) in [5, 5.41) is 2.97. The van der Waals surface area contributed by atoms with Crippen molar-refractivity contribution in [1.29, 1.82) is 0 Å². The van der Waals surface area contributed by atoms with Gasteiger partial charge in [-0.15, -0.1) is 0 Å². The van der Waals surface area contributed by atoms with Crippen LogP contribution in [0.2, 0.25) is 0 Å². The van der Waals surface area contributed by atoms with Crippen molar-refractivity contribution in [3.63, 3.8) is 0 Å². The molecule has 2 aliphatic heterocycles. The molecule has 0 radical (unpaired) electrons. The Labute approximate surface area is 144 Å². The number of urea groups is 1. The maximum absolute atomic E-state index is 12.7. The summed E-state index contributed by atoms with van der Waals surface area (Å²) >= 11 is 0. The molecule has 2 saturated heterocycles. The zero-order chi connectivity index (χ0) is 18.1. The lowest BCUT2D eigenvalue weighted by Gasteiger charge is -2.35. The highest BCUT2D eigenvalue weighted by atomic mass is 16.2. The second kappa shape index (κ2) is 6.99. The van der Waals surface area contributed by atoms with Gasteiger partial charge in [-0.3, -0.25) is 9.59 Å². The van der Waals surface area contributed by atoms with E-state index in [0.717, 1.165) is 12.8 Å². The van der Waals surface area contributed by atoms with Gasteiger partial charge in [-0.25, -0.2) is 4.79 Å². The monoisotopic (exact) mass is 338 g/mol. The minimum absolute atomic E-state index is 0.0639. The molecule has 2 aliphatic rings. The van der Waals surface area contributed by atoms with Crippen LogP contribution >= 0.6 is 0 Å². The van der Waals surface area contributed by atoms with E-state index in [2.05, 4.69) is 5.32 Å². The summed E-state index contributed by atoms with van der Waals surface area (Å²) in [6, 6.07) is 0.0159. The Morgan fingerprint density at radius 1 is 1.17 bits per heavy atom. The molecule has 2 heterocycles. The van der Waals surface area contributed by atoms with Gasteiger partial charge in [0.1, 0.15) is 0 Å². The van der Waals surface area contributed by atoms with Crippen LogP contribution in [-0.4, -0.2) is 77.9 Å². The van der Waals surface area contributed by atoms with Gasteiger partial charge in [-0.2, -0.15) is 0 Å². The van der Waals surface area contributed by atoms with Crippen LogP contribution in [-0.2, 0) is 9.59 Å². The number of rotatable bonds is 2. The summed E-state index contributed by atoms with van der Waals surface area (Å²) in [7, 11) is 3.43. The molecule has 1 unspecified atom stereocenters. The third-order valence-corrected chi connectivity index (χ3v) is 4.82. The molecular formula is C17H30N4O3. The summed E-state index contributed by atoms with van der Waals surface area (Å²) in [6.07, 6.45) is 1.83. The SMILES string of the molecule is CN(C)C(=O)NC1CCN(C(=O)C2CC(=O)N(C(C)(C)C)C2)CC1. The van der Waals surface area contributed by atoms with E-state index in [1.54, 1.807) is 19.0 Å². The molecule has 2 fully saturated rings. The zero-order valence-corrected chi connectivity index (χ0v) is 15.5. The molecule has 0 aromatic rings. The molecule has 0 aromatic heterocycles. The van der Waals surface area contributed by atoms with Crippen molar-refractivity contribution in [2.45, 2.75) is 51.6 Å². The minimum atomic E-state index is -0.241. The molecule has 0 bridgehead atoms. The van der Waals surface area contributed by atoms with Crippen LogP contribution in [0.15, 0.2) is 0 Å².